The Kier molecular flexibility index (Phi) is 5.85. The molecule has 23 heavy (non-hydrogen) atoms. The van der Waals surface area contributed by atoms with Crippen molar-refractivity contribution < 1.29 is 13.6 Å². The molecule has 6 heteroatoms. The SMILES string of the molecule is CC(C(=O)Nc1ccc(F)c(F)c1)N(C)Cc1ccc(Br)cc1. The summed E-state index contributed by atoms with van der Waals surface area (Å²) in [7, 11) is 1.83. The average Bonchev–Trinajstić information content (AvgIpc) is 2.52. The number of hydrogen-bond donors (Lipinski definition) is 1. The van der Waals surface area contributed by atoms with E-state index in [4.69, 9.17) is 0 Å². The maximum Gasteiger partial charge on any atom is 0.241 e. The van der Waals surface area contributed by atoms with Gasteiger partial charge in [-0.1, -0.05) is 28.1 Å². The molecule has 0 radical (unpaired) electrons. The lowest BCUT2D eigenvalue weighted by Gasteiger charge is -2.24. The van der Waals surface area contributed by atoms with E-state index in [-0.39, 0.29) is 11.6 Å². The summed E-state index contributed by atoms with van der Waals surface area (Å²) in [6.07, 6.45) is 0. The van der Waals surface area contributed by atoms with Crippen molar-refractivity contribution in [3.8, 4) is 0 Å². The Balaban J connectivity index is 1.97. The number of carbonyl (C=O) groups is 1. The van der Waals surface area contributed by atoms with Crippen molar-refractivity contribution >= 4 is 27.5 Å². The number of amides is 1. The topological polar surface area (TPSA) is 32.3 Å². The van der Waals surface area contributed by atoms with E-state index in [1.807, 2.05) is 36.2 Å². The molecule has 0 aliphatic heterocycles. The monoisotopic (exact) mass is 382 g/mol. The van der Waals surface area contributed by atoms with Crippen LogP contribution in [-0.2, 0) is 11.3 Å². The Morgan fingerprint density at radius 1 is 1.17 bits per heavy atom. The largest absolute Gasteiger partial charge is 0.325 e. The lowest BCUT2D eigenvalue weighted by atomic mass is 10.2. The van der Waals surface area contributed by atoms with Gasteiger partial charge in [-0.05, 0) is 43.8 Å². The van der Waals surface area contributed by atoms with Gasteiger partial charge < -0.3 is 5.32 Å². The van der Waals surface area contributed by atoms with Crippen molar-refractivity contribution in [1.82, 2.24) is 4.90 Å². The van der Waals surface area contributed by atoms with Gasteiger partial charge >= 0.3 is 0 Å². The standard InChI is InChI=1S/C17H17BrF2N2O/c1-11(22(2)10-12-3-5-13(18)6-4-12)17(23)21-14-7-8-15(19)16(20)9-14/h3-9,11H,10H2,1-2H3,(H,21,23). The van der Waals surface area contributed by atoms with Crippen molar-refractivity contribution in [2.75, 3.05) is 12.4 Å². The highest BCUT2D eigenvalue weighted by Crippen LogP contribution is 2.15. The van der Waals surface area contributed by atoms with Gasteiger partial charge in [0.2, 0.25) is 5.91 Å². The Labute approximate surface area is 142 Å². The third-order valence-electron chi connectivity index (χ3n) is 3.57. The third-order valence-corrected chi connectivity index (χ3v) is 4.10. The lowest BCUT2D eigenvalue weighted by molar-refractivity contribution is -0.120. The van der Waals surface area contributed by atoms with Crippen LogP contribution in [-0.4, -0.2) is 23.9 Å². The molecular formula is C17H17BrF2N2O. The second-order valence-electron chi connectivity index (χ2n) is 5.34. The number of carbonyl (C=O) groups excluding carboxylic acids is 1. The minimum absolute atomic E-state index is 0.234. The maximum atomic E-state index is 13.2. The molecule has 0 saturated carbocycles. The molecule has 0 bridgehead atoms. The molecule has 1 N–H and O–H groups in total. The van der Waals surface area contributed by atoms with Gasteiger partial charge in [-0.15, -0.1) is 0 Å². The fraction of sp³-hybridized carbons (Fsp3) is 0.235. The molecule has 2 aromatic carbocycles. The van der Waals surface area contributed by atoms with Crippen LogP contribution in [0.15, 0.2) is 46.9 Å². The Hall–Kier alpha value is -1.79. The normalized spacial score (nSPS) is 12.3. The minimum atomic E-state index is -0.987. The van der Waals surface area contributed by atoms with E-state index in [1.54, 1.807) is 6.92 Å². The van der Waals surface area contributed by atoms with Gasteiger partial charge in [-0.25, -0.2) is 8.78 Å². The molecule has 0 fully saturated rings. The lowest BCUT2D eigenvalue weighted by Crippen LogP contribution is -2.39. The van der Waals surface area contributed by atoms with Crippen LogP contribution in [0.5, 0.6) is 0 Å². The highest BCUT2D eigenvalue weighted by atomic mass is 79.9. The summed E-state index contributed by atoms with van der Waals surface area (Å²) in [6.45, 7) is 2.35. The number of halogens is 3. The summed E-state index contributed by atoms with van der Waals surface area (Å²) in [5, 5.41) is 2.59. The van der Waals surface area contributed by atoms with Crippen LogP contribution >= 0.6 is 15.9 Å². The number of hydrogen-bond acceptors (Lipinski definition) is 2. The van der Waals surface area contributed by atoms with Gasteiger partial charge in [-0.3, -0.25) is 9.69 Å². The van der Waals surface area contributed by atoms with Crippen LogP contribution in [0, 0.1) is 11.6 Å². The molecule has 0 heterocycles. The van der Waals surface area contributed by atoms with Crippen LogP contribution in [0.4, 0.5) is 14.5 Å². The first kappa shape index (κ1) is 17.6. The summed E-state index contributed by atoms with van der Waals surface area (Å²) in [5.41, 5.74) is 1.31. The average molecular weight is 383 g/mol. The minimum Gasteiger partial charge on any atom is -0.325 e. The number of nitrogens with one attached hydrogen (secondary N) is 1. The van der Waals surface area contributed by atoms with Crippen molar-refractivity contribution in [2.45, 2.75) is 19.5 Å². The molecule has 0 saturated heterocycles. The fourth-order valence-electron chi connectivity index (χ4n) is 2.04. The molecule has 122 valence electrons. The second kappa shape index (κ2) is 7.66. The molecule has 1 amide bonds. The number of likely N-dealkylation sites (N-methyl/N-ethyl adjacent to an activating group) is 1. The Bertz CT molecular complexity index is 691. The molecule has 0 spiro atoms. The number of rotatable bonds is 5. The van der Waals surface area contributed by atoms with Gasteiger partial charge in [0.25, 0.3) is 0 Å². The summed E-state index contributed by atoms with van der Waals surface area (Å²) in [4.78, 5) is 14.1. The molecule has 3 nitrogen and oxygen atoms in total. The summed E-state index contributed by atoms with van der Waals surface area (Å²) in [5.74, 6) is -2.21. The molecule has 0 aliphatic carbocycles. The number of nitrogens with zero attached hydrogens (tertiary/aromatic N) is 1. The van der Waals surface area contributed by atoms with Crippen molar-refractivity contribution in [1.29, 1.82) is 0 Å². The van der Waals surface area contributed by atoms with Gasteiger partial charge in [0.1, 0.15) is 0 Å². The van der Waals surface area contributed by atoms with Gasteiger partial charge in [0, 0.05) is 22.8 Å². The number of anilines is 1. The van der Waals surface area contributed by atoms with Gasteiger partial charge in [0.15, 0.2) is 11.6 Å². The van der Waals surface area contributed by atoms with Gasteiger partial charge in [0.05, 0.1) is 6.04 Å². The van der Waals surface area contributed by atoms with E-state index in [1.165, 1.54) is 6.07 Å². The summed E-state index contributed by atoms with van der Waals surface area (Å²) < 4.78 is 27.1. The van der Waals surface area contributed by atoms with E-state index < -0.39 is 17.7 Å². The Morgan fingerprint density at radius 2 is 1.83 bits per heavy atom. The molecule has 1 atom stereocenters. The predicted octanol–water partition coefficient (Wildman–Crippen LogP) is 4.19. The van der Waals surface area contributed by atoms with Crippen LogP contribution in [0.3, 0.4) is 0 Å². The highest BCUT2D eigenvalue weighted by Gasteiger charge is 2.18. The quantitative estimate of drug-likeness (QED) is 0.840. The van der Waals surface area contributed by atoms with E-state index in [0.29, 0.717) is 6.54 Å². The molecule has 2 rings (SSSR count). The van der Waals surface area contributed by atoms with Crippen LogP contribution in [0.2, 0.25) is 0 Å². The molecule has 0 aliphatic rings. The zero-order valence-corrected chi connectivity index (χ0v) is 14.4. The highest BCUT2D eigenvalue weighted by molar-refractivity contribution is 9.10. The van der Waals surface area contributed by atoms with Crippen LogP contribution in [0.1, 0.15) is 12.5 Å². The zero-order valence-electron chi connectivity index (χ0n) is 12.8. The van der Waals surface area contributed by atoms with Crippen molar-refractivity contribution in [3.63, 3.8) is 0 Å². The predicted molar refractivity (Wildman–Crippen MR) is 90.1 cm³/mol. The van der Waals surface area contributed by atoms with E-state index >= 15 is 0 Å². The van der Waals surface area contributed by atoms with Crippen LogP contribution < -0.4 is 5.32 Å². The first-order valence-electron chi connectivity index (χ1n) is 7.07. The van der Waals surface area contributed by atoms with Crippen molar-refractivity contribution in [3.05, 3.63) is 64.1 Å². The Morgan fingerprint density at radius 3 is 2.43 bits per heavy atom. The van der Waals surface area contributed by atoms with Gasteiger partial charge in [-0.2, -0.15) is 0 Å². The maximum absolute atomic E-state index is 13.2. The first-order valence-corrected chi connectivity index (χ1v) is 7.86. The summed E-state index contributed by atoms with van der Waals surface area (Å²) in [6, 6.07) is 10.7. The first-order chi connectivity index (χ1) is 10.9. The smallest absolute Gasteiger partial charge is 0.241 e. The number of benzene rings is 2. The third kappa shape index (κ3) is 4.84. The molecule has 2 aromatic rings. The van der Waals surface area contributed by atoms with Crippen LogP contribution in [0.25, 0.3) is 0 Å². The molecular weight excluding hydrogens is 366 g/mol. The fourth-order valence-corrected chi connectivity index (χ4v) is 2.30. The van der Waals surface area contributed by atoms with E-state index in [0.717, 1.165) is 22.2 Å². The van der Waals surface area contributed by atoms with E-state index in [2.05, 4.69) is 21.2 Å². The zero-order chi connectivity index (χ0) is 17.0. The summed E-state index contributed by atoms with van der Waals surface area (Å²) >= 11 is 3.38. The van der Waals surface area contributed by atoms with E-state index in [9.17, 15) is 13.6 Å². The van der Waals surface area contributed by atoms with Crippen molar-refractivity contribution in [2.24, 2.45) is 0 Å². The molecule has 1 unspecified atom stereocenters. The second-order valence-corrected chi connectivity index (χ2v) is 6.25. The molecule has 0 aromatic heterocycles.